The highest BCUT2D eigenvalue weighted by atomic mass is 19.4. The van der Waals surface area contributed by atoms with E-state index < -0.39 is 65.0 Å². The molecule has 5 rings (SSSR count). The minimum absolute atomic E-state index is 0.0154. The molecule has 2 N–H and O–H groups in total. The summed E-state index contributed by atoms with van der Waals surface area (Å²) in [6.45, 7) is 2.88. The van der Waals surface area contributed by atoms with E-state index in [-0.39, 0.29) is 24.7 Å². The molecule has 1 saturated carbocycles. The van der Waals surface area contributed by atoms with Gasteiger partial charge in [0.1, 0.15) is 18.0 Å². The van der Waals surface area contributed by atoms with Crippen LogP contribution in [0.4, 0.5) is 35.5 Å². The molecule has 1 aliphatic carbocycles. The summed E-state index contributed by atoms with van der Waals surface area (Å²) in [5.41, 5.74) is -2.12. The molecule has 0 aromatic heterocycles. The third kappa shape index (κ3) is 7.78. The zero-order valence-electron chi connectivity index (χ0n) is 25.3. The van der Waals surface area contributed by atoms with Crippen molar-refractivity contribution < 1.29 is 49.8 Å². The Balaban J connectivity index is 1.40. The maximum Gasteiger partial charge on any atom is 0.416 e. The van der Waals surface area contributed by atoms with Crippen LogP contribution in [0.3, 0.4) is 0 Å². The average Bonchev–Trinajstić information content (AvgIpc) is 3.55. The number of ether oxygens (including phenoxy) is 2. The lowest BCUT2D eigenvalue weighted by Gasteiger charge is -2.27. The van der Waals surface area contributed by atoms with E-state index in [9.17, 15) is 40.3 Å². The monoisotopic (exact) mass is 664 g/mol. The molecule has 13 heteroatoms. The molecule has 0 radical (unpaired) electrons. The number of hydrogen-bond acceptors (Lipinski definition) is 4. The fraction of sp³-hybridized carbons (Fsp3) is 0.353. The Bertz CT molecular complexity index is 1620. The number of carbonyl (C=O) groups excluding carboxylic acids is 2. The van der Waals surface area contributed by atoms with E-state index in [4.69, 9.17) is 9.47 Å². The van der Waals surface area contributed by atoms with Crippen molar-refractivity contribution in [3.63, 3.8) is 0 Å². The molecule has 6 nitrogen and oxygen atoms in total. The van der Waals surface area contributed by atoms with Crippen LogP contribution in [0.2, 0.25) is 0 Å². The van der Waals surface area contributed by atoms with Crippen molar-refractivity contribution in [1.29, 1.82) is 0 Å². The van der Waals surface area contributed by atoms with Crippen molar-refractivity contribution in [2.24, 2.45) is 0 Å². The zero-order chi connectivity index (χ0) is 34.1. The topological polar surface area (TPSA) is 76.7 Å². The smallest absolute Gasteiger partial charge is 0.416 e. The molecule has 0 bridgehead atoms. The maximum atomic E-state index is 13.9. The second-order valence-corrected chi connectivity index (χ2v) is 11.9. The standard InChI is InChI=1S/C34H31F7N2O4/c1-19(22-14-23(33(36,37)38)16-24(15-22)34(39,40)41)47-28-13-12-26(29(28)21-8-10-25(35)11-9-21)27-17-32(2,30(44)42-27)43-31(45)46-18-20-6-4-3-5-7-20/h3-11,14-16,19,28-29H,12-13,17-18H2,1-2H3,(H,42,44)(H,43,45)/b27-26+/t19-,28+,29+,32-/m1/s1. The van der Waals surface area contributed by atoms with Gasteiger partial charge >= 0.3 is 18.4 Å². The quantitative estimate of drug-likeness (QED) is 0.249. The van der Waals surface area contributed by atoms with Crippen molar-refractivity contribution in [2.75, 3.05) is 0 Å². The lowest BCUT2D eigenvalue weighted by Crippen LogP contribution is -2.51. The van der Waals surface area contributed by atoms with Gasteiger partial charge in [-0.3, -0.25) is 4.79 Å². The van der Waals surface area contributed by atoms with Gasteiger partial charge in [0, 0.05) is 18.0 Å². The van der Waals surface area contributed by atoms with Crippen LogP contribution in [-0.2, 0) is 33.2 Å². The van der Waals surface area contributed by atoms with Gasteiger partial charge in [-0.25, -0.2) is 9.18 Å². The fourth-order valence-electron chi connectivity index (χ4n) is 6.00. The molecule has 1 aliphatic heterocycles. The van der Waals surface area contributed by atoms with Gasteiger partial charge in [-0.1, -0.05) is 42.5 Å². The van der Waals surface area contributed by atoms with Gasteiger partial charge in [-0.05, 0) is 79.3 Å². The molecule has 2 aliphatic rings. The zero-order valence-corrected chi connectivity index (χ0v) is 25.3. The van der Waals surface area contributed by atoms with E-state index in [1.807, 2.05) is 6.07 Å². The SMILES string of the molecule is C[C@@H](O[C@H]1CC/C(=C2/C[C@@](C)(NC(=O)OCc3ccccc3)C(=O)N2)[C@@H]1c1ccc(F)cc1)c1cc(C(F)(F)F)cc(C(F)(F)F)c1. The summed E-state index contributed by atoms with van der Waals surface area (Å²) < 4.78 is 106. The summed E-state index contributed by atoms with van der Waals surface area (Å²) in [6, 6.07) is 15.7. The second-order valence-electron chi connectivity index (χ2n) is 11.9. The Kier molecular flexibility index (Phi) is 9.40. The van der Waals surface area contributed by atoms with Gasteiger partial charge in [0.25, 0.3) is 0 Å². The molecule has 1 heterocycles. The summed E-state index contributed by atoms with van der Waals surface area (Å²) in [4.78, 5) is 25.8. The largest absolute Gasteiger partial charge is 0.445 e. The highest BCUT2D eigenvalue weighted by Crippen LogP contribution is 2.47. The van der Waals surface area contributed by atoms with Crippen molar-refractivity contribution in [2.45, 2.75) is 75.7 Å². The van der Waals surface area contributed by atoms with Gasteiger partial charge in [-0.2, -0.15) is 26.3 Å². The third-order valence-corrected chi connectivity index (χ3v) is 8.41. The number of alkyl carbamates (subject to hydrolysis) is 1. The molecule has 250 valence electrons. The molecule has 1 saturated heterocycles. The molecular weight excluding hydrogens is 633 g/mol. The van der Waals surface area contributed by atoms with E-state index in [2.05, 4.69) is 10.6 Å². The van der Waals surface area contributed by atoms with Gasteiger partial charge in [0.15, 0.2) is 0 Å². The van der Waals surface area contributed by atoms with Crippen LogP contribution >= 0.6 is 0 Å². The molecule has 3 aromatic rings. The lowest BCUT2D eigenvalue weighted by molar-refractivity contribution is -0.143. The maximum absolute atomic E-state index is 13.9. The summed E-state index contributed by atoms with van der Waals surface area (Å²) in [7, 11) is 0. The summed E-state index contributed by atoms with van der Waals surface area (Å²) >= 11 is 0. The van der Waals surface area contributed by atoms with E-state index >= 15 is 0 Å². The van der Waals surface area contributed by atoms with Crippen LogP contribution in [0.1, 0.15) is 72.9 Å². The van der Waals surface area contributed by atoms with E-state index in [1.54, 1.807) is 24.3 Å². The van der Waals surface area contributed by atoms with Gasteiger partial charge in [-0.15, -0.1) is 0 Å². The normalized spacial score (nSPS) is 23.8. The number of amides is 2. The number of benzene rings is 3. The van der Waals surface area contributed by atoms with Crippen LogP contribution < -0.4 is 10.6 Å². The lowest BCUT2D eigenvalue weighted by atomic mass is 9.88. The van der Waals surface area contributed by atoms with Gasteiger partial charge < -0.3 is 20.1 Å². The summed E-state index contributed by atoms with van der Waals surface area (Å²) in [5.74, 6) is -1.65. The second kappa shape index (κ2) is 13.0. The Morgan fingerprint density at radius 1 is 0.979 bits per heavy atom. The van der Waals surface area contributed by atoms with Crippen LogP contribution in [0.15, 0.2) is 84.1 Å². The predicted molar refractivity (Wildman–Crippen MR) is 156 cm³/mol. The van der Waals surface area contributed by atoms with E-state index in [0.717, 1.165) is 5.56 Å². The van der Waals surface area contributed by atoms with E-state index in [1.165, 1.54) is 38.1 Å². The first kappa shape index (κ1) is 34.0. The van der Waals surface area contributed by atoms with Gasteiger partial charge in [0.05, 0.1) is 23.3 Å². The highest BCUT2D eigenvalue weighted by molar-refractivity contribution is 5.94. The van der Waals surface area contributed by atoms with Crippen molar-refractivity contribution in [3.8, 4) is 0 Å². The molecule has 2 amide bonds. The van der Waals surface area contributed by atoms with Crippen LogP contribution in [0, 0.1) is 5.82 Å². The molecular formula is C34H31F7N2O4. The molecule has 0 spiro atoms. The third-order valence-electron chi connectivity index (χ3n) is 8.41. The number of carbonyl (C=O) groups is 2. The predicted octanol–water partition coefficient (Wildman–Crippen LogP) is 8.35. The summed E-state index contributed by atoms with van der Waals surface area (Å²) in [5, 5.41) is 5.44. The average molecular weight is 665 g/mol. The fourth-order valence-corrected chi connectivity index (χ4v) is 6.00. The molecule has 0 unspecified atom stereocenters. The number of hydrogen-bond donors (Lipinski definition) is 2. The molecule has 3 aromatic carbocycles. The number of rotatable bonds is 7. The first-order chi connectivity index (χ1) is 22.0. The van der Waals surface area contributed by atoms with Crippen molar-refractivity contribution in [1.82, 2.24) is 10.6 Å². The molecule has 47 heavy (non-hydrogen) atoms. The van der Waals surface area contributed by atoms with Gasteiger partial charge in [0.2, 0.25) is 5.91 Å². The first-order valence-electron chi connectivity index (χ1n) is 14.8. The Morgan fingerprint density at radius 2 is 1.60 bits per heavy atom. The molecule has 2 fully saturated rings. The van der Waals surface area contributed by atoms with Crippen molar-refractivity contribution >= 4 is 12.0 Å². The van der Waals surface area contributed by atoms with Crippen LogP contribution in [0.25, 0.3) is 0 Å². The van der Waals surface area contributed by atoms with Crippen LogP contribution in [-0.4, -0.2) is 23.6 Å². The number of alkyl halides is 6. The first-order valence-corrected chi connectivity index (χ1v) is 14.8. The Morgan fingerprint density at radius 3 is 2.19 bits per heavy atom. The highest BCUT2D eigenvalue weighted by Gasteiger charge is 2.46. The van der Waals surface area contributed by atoms with E-state index in [0.29, 0.717) is 41.8 Å². The minimum atomic E-state index is -5.02. The summed E-state index contributed by atoms with van der Waals surface area (Å²) in [6.07, 6.45) is -12.1. The van der Waals surface area contributed by atoms with Crippen molar-refractivity contribution in [3.05, 3.63) is 118 Å². The van der Waals surface area contributed by atoms with Crippen LogP contribution in [0.5, 0.6) is 0 Å². The Hall–Kier alpha value is -4.39. The minimum Gasteiger partial charge on any atom is -0.445 e. The number of nitrogens with one attached hydrogen (secondary N) is 2. The Labute approximate surface area is 265 Å². The molecule has 4 atom stereocenters. The number of halogens is 7.